The maximum absolute atomic E-state index is 13.1. The van der Waals surface area contributed by atoms with E-state index in [2.05, 4.69) is 23.9 Å². The summed E-state index contributed by atoms with van der Waals surface area (Å²) in [4.78, 5) is 24.2. The topological polar surface area (TPSA) is 92.8 Å². The first-order valence-corrected chi connectivity index (χ1v) is 12.2. The van der Waals surface area contributed by atoms with Gasteiger partial charge in [-0.15, -0.1) is 0 Å². The van der Waals surface area contributed by atoms with E-state index in [9.17, 15) is 18.0 Å². The first kappa shape index (κ1) is 23.9. The van der Waals surface area contributed by atoms with Gasteiger partial charge < -0.3 is 10.1 Å². The number of esters is 1. The fourth-order valence-corrected chi connectivity index (χ4v) is 5.82. The molecule has 1 saturated heterocycles. The highest BCUT2D eigenvalue weighted by atomic mass is 32.2. The molecule has 0 aliphatic carbocycles. The van der Waals surface area contributed by atoms with E-state index in [0.717, 1.165) is 12.0 Å². The van der Waals surface area contributed by atoms with Gasteiger partial charge in [-0.2, -0.15) is 4.31 Å². The zero-order valence-corrected chi connectivity index (χ0v) is 19.5. The Balaban J connectivity index is 1.62. The Morgan fingerprint density at radius 3 is 2.31 bits per heavy atom. The molecule has 0 radical (unpaired) electrons. The van der Waals surface area contributed by atoms with Crippen LogP contribution in [0, 0.1) is 11.8 Å². The summed E-state index contributed by atoms with van der Waals surface area (Å²) in [5.41, 5.74) is 1.74. The van der Waals surface area contributed by atoms with Gasteiger partial charge in [0.15, 0.2) is 0 Å². The number of rotatable bonds is 7. The van der Waals surface area contributed by atoms with Gasteiger partial charge in [-0.3, -0.25) is 4.79 Å². The van der Waals surface area contributed by atoms with Gasteiger partial charge >= 0.3 is 5.97 Å². The molecule has 0 bridgehead atoms. The van der Waals surface area contributed by atoms with Gasteiger partial charge in [0, 0.05) is 25.2 Å². The third-order valence-electron chi connectivity index (χ3n) is 5.64. The van der Waals surface area contributed by atoms with Crippen molar-refractivity contribution in [1.29, 1.82) is 0 Å². The van der Waals surface area contributed by atoms with Crippen LogP contribution in [0.25, 0.3) is 0 Å². The highest BCUT2D eigenvalue weighted by Crippen LogP contribution is 2.27. The normalized spacial score (nSPS) is 19.3. The second-order valence-corrected chi connectivity index (χ2v) is 10.4. The minimum absolute atomic E-state index is 0.143. The minimum Gasteiger partial charge on any atom is -0.465 e. The van der Waals surface area contributed by atoms with Gasteiger partial charge in [-0.25, -0.2) is 13.2 Å². The molecule has 32 heavy (non-hydrogen) atoms. The fourth-order valence-electron chi connectivity index (χ4n) is 4.10. The Morgan fingerprint density at radius 1 is 1.03 bits per heavy atom. The van der Waals surface area contributed by atoms with Crippen LogP contribution in [0.4, 0.5) is 0 Å². The molecule has 2 atom stereocenters. The second kappa shape index (κ2) is 10.3. The molecule has 172 valence electrons. The molecule has 2 aromatic carbocycles. The maximum atomic E-state index is 13.1. The van der Waals surface area contributed by atoms with Crippen molar-refractivity contribution in [3.05, 3.63) is 65.2 Å². The summed E-state index contributed by atoms with van der Waals surface area (Å²) < 4.78 is 32.4. The Morgan fingerprint density at radius 2 is 1.69 bits per heavy atom. The van der Waals surface area contributed by atoms with E-state index in [1.165, 1.54) is 17.5 Å². The first-order valence-electron chi connectivity index (χ1n) is 10.8. The van der Waals surface area contributed by atoms with Crippen LogP contribution in [0.15, 0.2) is 53.4 Å². The monoisotopic (exact) mass is 458 g/mol. The third-order valence-corrected chi connectivity index (χ3v) is 7.47. The predicted molar refractivity (Wildman–Crippen MR) is 122 cm³/mol. The van der Waals surface area contributed by atoms with Crippen molar-refractivity contribution >= 4 is 21.9 Å². The molecule has 3 rings (SSSR count). The average molecular weight is 459 g/mol. The Bertz CT molecular complexity index is 1060. The molecule has 1 heterocycles. The molecular formula is C24H30N2O5S. The van der Waals surface area contributed by atoms with Crippen molar-refractivity contribution in [2.45, 2.75) is 31.6 Å². The summed E-state index contributed by atoms with van der Waals surface area (Å²) >= 11 is 0. The number of sulfonamides is 1. The summed E-state index contributed by atoms with van der Waals surface area (Å²) in [5.74, 6) is -0.106. The van der Waals surface area contributed by atoms with Crippen molar-refractivity contribution in [1.82, 2.24) is 9.62 Å². The fraction of sp³-hybridized carbons (Fsp3) is 0.417. The molecule has 8 heteroatoms. The molecule has 1 N–H and O–H groups in total. The maximum Gasteiger partial charge on any atom is 0.337 e. The van der Waals surface area contributed by atoms with Crippen LogP contribution in [0.1, 0.15) is 46.5 Å². The number of piperidine rings is 1. The molecule has 1 aliphatic rings. The van der Waals surface area contributed by atoms with Crippen LogP contribution in [-0.2, 0) is 21.2 Å². The van der Waals surface area contributed by atoms with Crippen molar-refractivity contribution in [2.75, 3.05) is 26.7 Å². The molecule has 1 aliphatic heterocycles. The van der Waals surface area contributed by atoms with E-state index < -0.39 is 16.0 Å². The number of carbonyl (C=O) groups is 2. The number of nitrogens with zero attached hydrogens (tertiary/aromatic N) is 1. The highest BCUT2D eigenvalue weighted by Gasteiger charge is 2.31. The van der Waals surface area contributed by atoms with E-state index in [4.69, 9.17) is 0 Å². The van der Waals surface area contributed by atoms with E-state index in [1.54, 1.807) is 30.3 Å². The van der Waals surface area contributed by atoms with Crippen LogP contribution >= 0.6 is 0 Å². The standard InChI is InChI=1S/C24H30N2O5S/c1-17-13-18(2)16-26(15-17)32(29,30)22-6-4-5-21(14-22)23(27)25-12-11-19-7-9-20(10-8-19)24(28)31-3/h4-10,14,17-18H,11-13,15-16H2,1-3H3,(H,25,27). The number of carbonyl (C=O) groups excluding carboxylic acids is 2. The number of nitrogens with one attached hydrogen (secondary N) is 1. The third kappa shape index (κ3) is 5.75. The van der Waals surface area contributed by atoms with Gasteiger partial charge in [-0.1, -0.05) is 32.0 Å². The lowest BCUT2D eigenvalue weighted by Crippen LogP contribution is -2.42. The summed E-state index contributed by atoms with van der Waals surface area (Å²) in [5, 5.41) is 2.83. The van der Waals surface area contributed by atoms with E-state index >= 15 is 0 Å². The Labute approximate surface area is 189 Å². The largest absolute Gasteiger partial charge is 0.465 e. The molecular weight excluding hydrogens is 428 g/mol. The van der Waals surface area contributed by atoms with Crippen molar-refractivity contribution in [3.63, 3.8) is 0 Å². The average Bonchev–Trinajstić information content (AvgIpc) is 2.78. The molecule has 7 nitrogen and oxygen atoms in total. The zero-order valence-electron chi connectivity index (χ0n) is 18.7. The summed E-state index contributed by atoms with van der Waals surface area (Å²) in [6.45, 7) is 5.50. The van der Waals surface area contributed by atoms with Crippen LogP contribution in [0.5, 0.6) is 0 Å². The number of ether oxygens (including phenoxy) is 1. The van der Waals surface area contributed by atoms with E-state index in [1.807, 2.05) is 12.1 Å². The number of hydrogen-bond acceptors (Lipinski definition) is 5. The van der Waals surface area contributed by atoms with Gasteiger partial charge in [0.25, 0.3) is 5.91 Å². The minimum atomic E-state index is -3.65. The molecule has 0 aromatic heterocycles. The Kier molecular flexibility index (Phi) is 7.69. The molecule has 2 unspecified atom stereocenters. The molecule has 1 amide bonds. The smallest absolute Gasteiger partial charge is 0.337 e. The number of amides is 1. The van der Waals surface area contributed by atoms with Gasteiger partial charge in [0.05, 0.1) is 17.6 Å². The summed E-state index contributed by atoms with van der Waals surface area (Å²) in [6, 6.07) is 13.2. The quantitative estimate of drug-likeness (QED) is 0.644. The molecule has 2 aromatic rings. The van der Waals surface area contributed by atoms with Crippen LogP contribution < -0.4 is 5.32 Å². The first-order chi connectivity index (χ1) is 15.2. The van der Waals surface area contributed by atoms with Crippen LogP contribution in [0.3, 0.4) is 0 Å². The van der Waals surface area contributed by atoms with Crippen molar-refractivity contribution < 1.29 is 22.7 Å². The van der Waals surface area contributed by atoms with Gasteiger partial charge in [-0.05, 0) is 60.6 Å². The van der Waals surface area contributed by atoms with E-state index in [0.29, 0.717) is 49.0 Å². The van der Waals surface area contributed by atoms with Gasteiger partial charge in [0.1, 0.15) is 0 Å². The Hall–Kier alpha value is -2.71. The lowest BCUT2D eigenvalue weighted by Gasteiger charge is -2.34. The number of methoxy groups -OCH3 is 1. The van der Waals surface area contributed by atoms with E-state index in [-0.39, 0.29) is 10.8 Å². The molecule has 1 fully saturated rings. The van der Waals surface area contributed by atoms with Crippen molar-refractivity contribution in [3.8, 4) is 0 Å². The number of hydrogen-bond donors (Lipinski definition) is 1. The predicted octanol–water partition coefficient (Wildman–Crippen LogP) is 3.11. The van der Waals surface area contributed by atoms with Crippen LogP contribution in [0.2, 0.25) is 0 Å². The highest BCUT2D eigenvalue weighted by molar-refractivity contribution is 7.89. The van der Waals surface area contributed by atoms with Gasteiger partial charge in [0.2, 0.25) is 10.0 Å². The molecule has 0 saturated carbocycles. The summed E-state index contributed by atoms with van der Waals surface area (Å²) in [7, 11) is -2.31. The zero-order chi connectivity index (χ0) is 23.3. The SMILES string of the molecule is COC(=O)c1ccc(CCNC(=O)c2cccc(S(=O)(=O)N3CC(C)CC(C)C3)c2)cc1. The summed E-state index contributed by atoms with van der Waals surface area (Å²) in [6.07, 6.45) is 1.59. The molecule has 0 spiro atoms. The van der Waals surface area contributed by atoms with Crippen LogP contribution in [-0.4, -0.2) is 51.3 Å². The lowest BCUT2D eigenvalue weighted by molar-refractivity contribution is 0.0600. The second-order valence-electron chi connectivity index (χ2n) is 8.49. The lowest BCUT2D eigenvalue weighted by atomic mass is 9.94. The van der Waals surface area contributed by atoms with Crippen molar-refractivity contribution in [2.24, 2.45) is 11.8 Å². The number of benzene rings is 2.